The van der Waals surface area contributed by atoms with Crippen LogP contribution in [0.5, 0.6) is 5.75 Å². The smallest absolute Gasteiger partial charge is 0.336 e. The van der Waals surface area contributed by atoms with Crippen molar-refractivity contribution >= 4 is 11.0 Å². The highest BCUT2D eigenvalue weighted by molar-refractivity contribution is 5.81. The zero-order valence-corrected chi connectivity index (χ0v) is 12.1. The lowest BCUT2D eigenvalue weighted by Gasteiger charge is -2.25. The van der Waals surface area contributed by atoms with Crippen molar-refractivity contribution in [2.75, 3.05) is 6.61 Å². The predicted octanol–water partition coefficient (Wildman–Crippen LogP) is 3.03. The number of benzene rings is 1. The predicted molar refractivity (Wildman–Crippen MR) is 78.2 cm³/mol. The first-order valence-electron chi connectivity index (χ1n) is 6.87. The Kier molecular flexibility index (Phi) is 4.14. The van der Waals surface area contributed by atoms with Crippen LogP contribution < -0.4 is 10.4 Å². The van der Waals surface area contributed by atoms with Crippen molar-refractivity contribution in [2.45, 2.75) is 39.2 Å². The second-order valence-electron chi connectivity index (χ2n) is 5.13. The quantitative estimate of drug-likeness (QED) is 0.853. The third-order valence-corrected chi connectivity index (χ3v) is 3.75. The van der Waals surface area contributed by atoms with Gasteiger partial charge in [-0.2, -0.15) is 0 Å². The largest absolute Gasteiger partial charge is 0.490 e. The fraction of sp³-hybridized carbons (Fsp3) is 0.438. The number of hydrogen-bond acceptors (Lipinski definition) is 4. The Bertz CT molecular complexity index is 653. The molecule has 0 fully saturated rings. The van der Waals surface area contributed by atoms with Gasteiger partial charge in [-0.3, -0.25) is 0 Å². The van der Waals surface area contributed by atoms with Gasteiger partial charge in [0.15, 0.2) is 0 Å². The molecule has 1 N–H and O–H groups in total. The lowest BCUT2D eigenvalue weighted by Crippen LogP contribution is -2.34. The molecule has 0 aliphatic heterocycles. The molecule has 1 aromatic heterocycles. The van der Waals surface area contributed by atoms with Gasteiger partial charge in [-0.05, 0) is 37.5 Å². The minimum atomic E-state index is -0.817. The van der Waals surface area contributed by atoms with Crippen molar-refractivity contribution < 1.29 is 14.3 Å². The molecule has 2 rings (SSSR count). The molecular weight excluding hydrogens is 256 g/mol. The molecule has 108 valence electrons. The average molecular weight is 276 g/mol. The van der Waals surface area contributed by atoms with Crippen LogP contribution in [0.1, 0.15) is 32.3 Å². The van der Waals surface area contributed by atoms with Crippen LogP contribution in [-0.2, 0) is 0 Å². The zero-order chi connectivity index (χ0) is 14.8. The van der Waals surface area contributed by atoms with Crippen molar-refractivity contribution in [2.24, 2.45) is 0 Å². The van der Waals surface area contributed by atoms with E-state index in [-0.39, 0.29) is 12.2 Å². The van der Waals surface area contributed by atoms with E-state index in [0.29, 0.717) is 24.2 Å². The Morgan fingerprint density at radius 3 is 2.60 bits per heavy atom. The molecule has 2 aromatic rings. The van der Waals surface area contributed by atoms with Gasteiger partial charge in [0.1, 0.15) is 17.9 Å². The number of ether oxygens (including phenoxy) is 1. The van der Waals surface area contributed by atoms with Gasteiger partial charge in [-0.1, -0.05) is 13.8 Å². The van der Waals surface area contributed by atoms with E-state index in [0.717, 1.165) is 10.9 Å². The number of rotatable bonds is 5. The third kappa shape index (κ3) is 3.02. The Balaban J connectivity index is 2.26. The minimum Gasteiger partial charge on any atom is -0.490 e. The van der Waals surface area contributed by atoms with Gasteiger partial charge < -0.3 is 14.3 Å². The topological polar surface area (TPSA) is 59.7 Å². The maximum absolute atomic E-state index is 11.4. The van der Waals surface area contributed by atoms with Crippen LogP contribution >= 0.6 is 0 Å². The molecule has 20 heavy (non-hydrogen) atoms. The average Bonchev–Trinajstić information content (AvgIpc) is 2.44. The molecule has 0 aliphatic rings. The van der Waals surface area contributed by atoms with Gasteiger partial charge in [0.05, 0.1) is 5.60 Å². The van der Waals surface area contributed by atoms with E-state index >= 15 is 0 Å². The highest BCUT2D eigenvalue weighted by Gasteiger charge is 2.23. The molecule has 0 atom stereocenters. The summed E-state index contributed by atoms with van der Waals surface area (Å²) in [6.07, 6.45) is 1.26. The van der Waals surface area contributed by atoms with Gasteiger partial charge in [-0.25, -0.2) is 4.79 Å². The fourth-order valence-electron chi connectivity index (χ4n) is 2.07. The first-order chi connectivity index (χ1) is 9.47. The summed E-state index contributed by atoms with van der Waals surface area (Å²) in [5.74, 6) is 0.589. The molecule has 0 radical (unpaired) electrons. The molecule has 0 saturated carbocycles. The lowest BCUT2D eigenvalue weighted by atomic mass is 9.99. The molecule has 0 saturated heterocycles. The third-order valence-electron chi connectivity index (χ3n) is 3.75. The molecule has 0 spiro atoms. The maximum atomic E-state index is 11.4. The second kappa shape index (κ2) is 5.67. The van der Waals surface area contributed by atoms with Crippen LogP contribution in [-0.4, -0.2) is 17.3 Å². The van der Waals surface area contributed by atoms with Gasteiger partial charge in [0, 0.05) is 17.5 Å². The van der Waals surface area contributed by atoms with Crippen LogP contribution in [0.15, 0.2) is 33.5 Å². The van der Waals surface area contributed by atoms with E-state index in [4.69, 9.17) is 9.15 Å². The van der Waals surface area contributed by atoms with Crippen LogP contribution in [0.25, 0.3) is 11.0 Å². The molecule has 1 heterocycles. The summed E-state index contributed by atoms with van der Waals surface area (Å²) in [5.41, 5.74) is 0.193. The summed E-state index contributed by atoms with van der Waals surface area (Å²) >= 11 is 0. The van der Waals surface area contributed by atoms with E-state index in [9.17, 15) is 9.90 Å². The number of hydrogen-bond donors (Lipinski definition) is 1. The number of aliphatic hydroxyl groups is 1. The summed E-state index contributed by atoms with van der Waals surface area (Å²) in [6.45, 7) is 5.94. The van der Waals surface area contributed by atoms with E-state index in [1.807, 2.05) is 32.9 Å². The Morgan fingerprint density at radius 2 is 1.95 bits per heavy atom. The monoisotopic (exact) mass is 276 g/mol. The molecular formula is C16H20O4. The van der Waals surface area contributed by atoms with Gasteiger partial charge in [0.25, 0.3) is 0 Å². The molecule has 1 aromatic carbocycles. The Morgan fingerprint density at radius 1 is 1.25 bits per heavy atom. The zero-order valence-electron chi connectivity index (χ0n) is 12.1. The van der Waals surface area contributed by atoms with Crippen LogP contribution in [0.4, 0.5) is 0 Å². The lowest BCUT2D eigenvalue weighted by molar-refractivity contribution is -0.0113. The van der Waals surface area contributed by atoms with Crippen molar-refractivity contribution in [3.8, 4) is 5.75 Å². The summed E-state index contributed by atoms with van der Waals surface area (Å²) < 4.78 is 10.8. The molecule has 4 heteroatoms. The SMILES string of the molecule is CCC(O)(CC)COc1ccc2c(C)cc(=O)oc2c1. The minimum absolute atomic E-state index is 0.224. The summed E-state index contributed by atoms with van der Waals surface area (Å²) in [7, 11) is 0. The standard InChI is InChI=1S/C16H20O4/c1-4-16(18,5-2)10-19-12-6-7-13-11(3)8-15(17)20-14(13)9-12/h6-9,18H,4-5,10H2,1-3H3. The number of aryl methyl sites for hydroxylation is 1. The van der Waals surface area contributed by atoms with E-state index in [1.165, 1.54) is 6.07 Å². The Hall–Kier alpha value is -1.81. The van der Waals surface area contributed by atoms with Crippen molar-refractivity contribution in [1.29, 1.82) is 0 Å². The summed E-state index contributed by atoms with van der Waals surface area (Å²) in [4.78, 5) is 11.4. The van der Waals surface area contributed by atoms with Crippen LogP contribution in [0.2, 0.25) is 0 Å². The molecule has 0 amide bonds. The molecule has 4 nitrogen and oxygen atoms in total. The van der Waals surface area contributed by atoms with Crippen molar-refractivity contribution in [3.05, 3.63) is 40.2 Å². The first kappa shape index (κ1) is 14.6. The second-order valence-corrected chi connectivity index (χ2v) is 5.13. The van der Waals surface area contributed by atoms with Crippen molar-refractivity contribution in [3.63, 3.8) is 0 Å². The summed E-state index contributed by atoms with van der Waals surface area (Å²) in [5, 5.41) is 11.1. The van der Waals surface area contributed by atoms with Gasteiger partial charge in [-0.15, -0.1) is 0 Å². The van der Waals surface area contributed by atoms with Crippen LogP contribution in [0, 0.1) is 6.92 Å². The van der Waals surface area contributed by atoms with Gasteiger partial charge in [0.2, 0.25) is 0 Å². The van der Waals surface area contributed by atoms with Crippen molar-refractivity contribution in [1.82, 2.24) is 0 Å². The fourth-order valence-corrected chi connectivity index (χ4v) is 2.07. The first-order valence-corrected chi connectivity index (χ1v) is 6.87. The van der Waals surface area contributed by atoms with E-state index in [1.54, 1.807) is 6.07 Å². The molecule has 0 unspecified atom stereocenters. The molecule has 0 aliphatic carbocycles. The van der Waals surface area contributed by atoms with Gasteiger partial charge >= 0.3 is 5.63 Å². The number of fused-ring (bicyclic) bond motifs is 1. The molecule has 0 bridgehead atoms. The maximum Gasteiger partial charge on any atom is 0.336 e. The highest BCUT2D eigenvalue weighted by Crippen LogP contribution is 2.24. The normalized spacial score (nSPS) is 11.8. The van der Waals surface area contributed by atoms with E-state index < -0.39 is 5.60 Å². The van der Waals surface area contributed by atoms with E-state index in [2.05, 4.69) is 0 Å². The highest BCUT2D eigenvalue weighted by atomic mass is 16.5. The summed E-state index contributed by atoms with van der Waals surface area (Å²) in [6, 6.07) is 6.84. The Labute approximate surface area is 118 Å². The van der Waals surface area contributed by atoms with Crippen LogP contribution in [0.3, 0.4) is 0 Å².